The average Bonchev–Trinajstić information content (AvgIpc) is 2.11. The van der Waals surface area contributed by atoms with Crippen LogP contribution in [0.3, 0.4) is 0 Å². The van der Waals surface area contributed by atoms with Crippen LogP contribution in [-0.4, -0.2) is 15.0 Å². The maximum Gasteiger partial charge on any atom is 0.143 e. The molecule has 1 aliphatic rings. The van der Waals surface area contributed by atoms with Gasteiger partial charge in [0.1, 0.15) is 6.04 Å². The maximum atomic E-state index is 3.94. The smallest absolute Gasteiger partial charge is 0.143 e. The summed E-state index contributed by atoms with van der Waals surface area (Å²) in [4.78, 5) is 1.64. The van der Waals surface area contributed by atoms with Crippen LogP contribution in [0.1, 0.15) is 12.5 Å². The molecule has 0 aromatic carbocycles. The van der Waals surface area contributed by atoms with Crippen molar-refractivity contribution in [3.05, 3.63) is 12.4 Å². The highest BCUT2D eigenvalue weighted by molar-refractivity contribution is 5.18. The monoisotopic (exact) mass is 119 g/mol. The number of hydrogen-bond acceptors (Lipinski definition) is 2. The van der Waals surface area contributed by atoms with Crippen molar-refractivity contribution in [3.63, 3.8) is 0 Å². The first-order valence-corrected chi connectivity index (χ1v) is 2.81. The molecule has 0 amide bonds. The standard InChI is InChI=1S/C6H5N3/c1-2-6(3-1)9-7-4-5-8-9/h4-6H,2H2. The molecule has 2 rings (SSSR count). The van der Waals surface area contributed by atoms with Gasteiger partial charge in [-0.3, -0.25) is 0 Å². The second-order valence-corrected chi connectivity index (χ2v) is 1.89. The zero-order valence-electron chi connectivity index (χ0n) is 4.78. The molecule has 0 aliphatic heterocycles. The number of nitrogens with zero attached hydrogens (tertiary/aromatic N) is 3. The van der Waals surface area contributed by atoms with Crippen molar-refractivity contribution in [1.82, 2.24) is 15.0 Å². The second kappa shape index (κ2) is 1.59. The first-order valence-electron chi connectivity index (χ1n) is 2.81. The lowest BCUT2D eigenvalue weighted by Gasteiger charge is -2.10. The number of aromatic nitrogens is 3. The van der Waals surface area contributed by atoms with E-state index in [2.05, 4.69) is 22.0 Å². The van der Waals surface area contributed by atoms with Gasteiger partial charge in [-0.15, -0.1) is 0 Å². The average molecular weight is 119 g/mol. The van der Waals surface area contributed by atoms with Gasteiger partial charge < -0.3 is 0 Å². The Morgan fingerprint density at radius 3 is 2.56 bits per heavy atom. The molecule has 0 bridgehead atoms. The minimum absolute atomic E-state index is 0.250. The Bertz CT molecular complexity index is 252. The van der Waals surface area contributed by atoms with Crippen LogP contribution in [0.2, 0.25) is 0 Å². The third-order valence-electron chi connectivity index (χ3n) is 1.28. The van der Waals surface area contributed by atoms with Crippen LogP contribution in [0, 0.1) is 11.8 Å². The van der Waals surface area contributed by atoms with Crippen LogP contribution in [0.5, 0.6) is 0 Å². The van der Waals surface area contributed by atoms with Crippen LogP contribution in [0.25, 0.3) is 0 Å². The third-order valence-corrected chi connectivity index (χ3v) is 1.28. The van der Waals surface area contributed by atoms with Crippen LogP contribution in [0.15, 0.2) is 12.4 Å². The van der Waals surface area contributed by atoms with E-state index in [0.29, 0.717) is 0 Å². The van der Waals surface area contributed by atoms with Crippen molar-refractivity contribution >= 4 is 0 Å². The molecule has 1 aromatic rings. The molecule has 1 aliphatic carbocycles. The van der Waals surface area contributed by atoms with Crippen molar-refractivity contribution in [2.45, 2.75) is 12.5 Å². The zero-order valence-corrected chi connectivity index (χ0v) is 4.78. The van der Waals surface area contributed by atoms with Crippen molar-refractivity contribution in [2.75, 3.05) is 0 Å². The predicted octanol–water partition coefficient (Wildman–Crippen LogP) is 0.226. The van der Waals surface area contributed by atoms with Gasteiger partial charge in [0, 0.05) is 6.42 Å². The Morgan fingerprint density at radius 2 is 2.11 bits per heavy atom. The molecule has 44 valence electrons. The minimum atomic E-state index is 0.250. The Hall–Kier alpha value is -1.30. The highest BCUT2D eigenvalue weighted by Crippen LogP contribution is 2.11. The van der Waals surface area contributed by atoms with Gasteiger partial charge in [0.25, 0.3) is 0 Å². The Morgan fingerprint density at radius 1 is 1.44 bits per heavy atom. The van der Waals surface area contributed by atoms with Crippen molar-refractivity contribution in [2.24, 2.45) is 0 Å². The summed E-state index contributed by atoms with van der Waals surface area (Å²) in [5.41, 5.74) is 0. The quantitative estimate of drug-likeness (QED) is 0.495. The predicted molar refractivity (Wildman–Crippen MR) is 31.5 cm³/mol. The summed E-state index contributed by atoms with van der Waals surface area (Å²) in [5.74, 6) is 5.83. The molecular formula is C6H5N3. The summed E-state index contributed by atoms with van der Waals surface area (Å²) in [7, 11) is 0. The fourth-order valence-electron chi connectivity index (χ4n) is 0.720. The van der Waals surface area contributed by atoms with Gasteiger partial charge in [0.05, 0.1) is 12.4 Å². The number of rotatable bonds is 1. The molecule has 0 N–H and O–H groups in total. The fourth-order valence-corrected chi connectivity index (χ4v) is 0.720. The molecule has 0 radical (unpaired) electrons. The van der Waals surface area contributed by atoms with Crippen molar-refractivity contribution < 1.29 is 0 Å². The zero-order chi connectivity index (χ0) is 6.10. The van der Waals surface area contributed by atoms with Crippen molar-refractivity contribution in [3.8, 4) is 11.8 Å². The summed E-state index contributed by atoms with van der Waals surface area (Å²) >= 11 is 0. The first kappa shape index (κ1) is 4.57. The maximum absolute atomic E-state index is 3.94. The molecule has 1 aromatic heterocycles. The second-order valence-electron chi connectivity index (χ2n) is 1.89. The highest BCUT2D eigenvalue weighted by Gasteiger charge is 2.11. The molecule has 3 nitrogen and oxygen atoms in total. The van der Waals surface area contributed by atoms with E-state index in [0.717, 1.165) is 6.42 Å². The molecule has 0 spiro atoms. The summed E-state index contributed by atoms with van der Waals surface area (Å²) in [6.07, 6.45) is 4.23. The van der Waals surface area contributed by atoms with E-state index in [9.17, 15) is 0 Å². The fraction of sp³-hybridized carbons (Fsp3) is 0.333. The molecular weight excluding hydrogens is 114 g/mol. The van der Waals surface area contributed by atoms with Gasteiger partial charge in [-0.05, 0) is 0 Å². The van der Waals surface area contributed by atoms with E-state index in [1.54, 1.807) is 17.2 Å². The Kier molecular flexibility index (Phi) is 0.807. The largest absolute Gasteiger partial charge is 0.169 e. The van der Waals surface area contributed by atoms with E-state index >= 15 is 0 Å². The first-order chi connectivity index (χ1) is 4.47. The molecule has 0 fully saturated rings. The van der Waals surface area contributed by atoms with Crippen LogP contribution in [-0.2, 0) is 0 Å². The van der Waals surface area contributed by atoms with Gasteiger partial charge in [0.2, 0.25) is 0 Å². The number of hydrogen-bond donors (Lipinski definition) is 0. The van der Waals surface area contributed by atoms with E-state index in [-0.39, 0.29) is 6.04 Å². The highest BCUT2D eigenvalue weighted by atomic mass is 15.5. The summed E-state index contributed by atoms with van der Waals surface area (Å²) < 4.78 is 0. The summed E-state index contributed by atoms with van der Waals surface area (Å²) in [6.45, 7) is 0. The molecule has 0 saturated carbocycles. The van der Waals surface area contributed by atoms with Gasteiger partial charge in [-0.25, -0.2) is 0 Å². The lowest BCUT2D eigenvalue weighted by molar-refractivity contribution is 0.479. The van der Waals surface area contributed by atoms with E-state index in [1.165, 1.54) is 0 Å². The molecule has 0 saturated heterocycles. The lowest BCUT2D eigenvalue weighted by atomic mass is 10.1. The Balaban J connectivity index is 2.29. The molecule has 1 unspecified atom stereocenters. The normalized spacial score (nSPS) is 22.0. The van der Waals surface area contributed by atoms with Crippen LogP contribution in [0.4, 0.5) is 0 Å². The van der Waals surface area contributed by atoms with Gasteiger partial charge in [-0.1, -0.05) is 11.8 Å². The van der Waals surface area contributed by atoms with Crippen LogP contribution < -0.4 is 0 Å². The van der Waals surface area contributed by atoms with Crippen molar-refractivity contribution in [1.29, 1.82) is 0 Å². The van der Waals surface area contributed by atoms with Crippen LogP contribution >= 0.6 is 0 Å². The van der Waals surface area contributed by atoms with E-state index in [1.807, 2.05) is 0 Å². The van der Waals surface area contributed by atoms with Gasteiger partial charge in [0.15, 0.2) is 0 Å². The topological polar surface area (TPSA) is 30.7 Å². The summed E-state index contributed by atoms with van der Waals surface area (Å²) in [6, 6.07) is 0.250. The molecule has 1 heterocycles. The minimum Gasteiger partial charge on any atom is -0.169 e. The van der Waals surface area contributed by atoms with Gasteiger partial charge in [-0.2, -0.15) is 15.0 Å². The molecule has 9 heavy (non-hydrogen) atoms. The molecule has 3 heteroatoms. The Labute approximate surface area is 52.7 Å². The third kappa shape index (κ3) is 0.600. The van der Waals surface area contributed by atoms with Gasteiger partial charge >= 0.3 is 0 Å². The van der Waals surface area contributed by atoms with E-state index < -0.39 is 0 Å². The summed E-state index contributed by atoms with van der Waals surface area (Å²) in [5, 5.41) is 7.88. The SMILES string of the molecule is C1#CC(n2nccn2)C1. The lowest BCUT2D eigenvalue weighted by Crippen LogP contribution is -2.13. The molecule has 1 atom stereocenters. The van der Waals surface area contributed by atoms with E-state index in [4.69, 9.17) is 0 Å².